The lowest BCUT2D eigenvalue weighted by Crippen LogP contribution is -2.40. The lowest BCUT2D eigenvalue weighted by Gasteiger charge is -2.10. The number of urea groups is 1. The highest BCUT2D eigenvalue weighted by atomic mass is 32.2. The average molecular weight is 491 g/mol. The summed E-state index contributed by atoms with van der Waals surface area (Å²) in [5, 5.41) is 16.7. The summed E-state index contributed by atoms with van der Waals surface area (Å²) < 4.78 is 28.4. The van der Waals surface area contributed by atoms with Gasteiger partial charge in [0.25, 0.3) is 10.0 Å². The van der Waals surface area contributed by atoms with Gasteiger partial charge >= 0.3 is 6.03 Å². The summed E-state index contributed by atoms with van der Waals surface area (Å²) in [5.41, 5.74) is 6.15. The van der Waals surface area contributed by atoms with Crippen LogP contribution in [0, 0.1) is 13.8 Å². The molecule has 0 aliphatic carbocycles. The minimum Gasteiger partial charge on any atom is -0.508 e. The van der Waals surface area contributed by atoms with Crippen molar-refractivity contribution >= 4 is 16.1 Å². The number of benzene rings is 3. The van der Waals surface area contributed by atoms with Gasteiger partial charge in [-0.15, -0.1) is 0 Å². The van der Waals surface area contributed by atoms with E-state index in [2.05, 4.69) is 17.4 Å². The van der Waals surface area contributed by atoms with Crippen LogP contribution in [0.2, 0.25) is 0 Å². The van der Waals surface area contributed by atoms with Gasteiger partial charge in [-0.05, 0) is 55.7 Å². The summed E-state index contributed by atoms with van der Waals surface area (Å²) >= 11 is 0. The number of carbonyl (C=O) groups excluding carboxylic acids is 1. The number of carbonyl (C=O) groups is 1. The smallest absolute Gasteiger partial charge is 0.328 e. The van der Waals surface area contributed by atoms with Crippen LogP contribution in [-0.4, -0.2) is 35.9 Å². The van der Waals surface area contributed by atoms with E-state index in [0.717, 1.165) is 39.8 Å². The standard InChI is InChI=1S/C26H26N4O4S/c1-18-25(21-7-4-3-5-8-21)19(2)30(28-18)22-13-11-20(12-14-22)15-16-27-26(32)29-35(33,34)24-10-6-9-23(31)17-24/h3-14,17,31H,15-16H2,1-2H3,(H2,27,29,32). The van der Waals surface area contributed by atoms with Gasteiger partial charge in [0.05, 0.1) is 16.3 Å². The van der Waals surface area contributed by atoms with Crippen LogP contribution in [0.3, 0.4) is 0 Å². The van der Waals surface area contributed by atoms with Crippen LogP contribution < -0.4 is 10.0 Å². The number of rotatable bonds is 7. The number of aryl methyl sites for hydroxylation is 1. The molecular weight excluding hydrogens is 464 g/mol. The lowest BCUT2D eigenvalue weighted by atomic mass is 10.0. The molecule has 0 unspecified atom stereocenters. The molecule has 3 aromatic carbocycles. The summed E-state index contributed by atoms with van der Waals surface area (Å²) in [6.45, 7) is 4.29. The van der Waals surface area contributed by atoms with Crippen molar-refractivity contribution in [3.8, 4) is 22.6 Å². The normalized spacial score (nSPS) is 11.3. The van der Waals surface area contributed by atoms with Crippen molar-refractivity contribution in [1.82, 2.24) is 19.8 Å². The Morgan fingerprint density at radius 2 is 1.69 bits per heavy atom. The molecule has 0 saturated carbocycles. The Morgan fingerprint density at radius 3 is 2.37 bits per heavy atom. The van der Waals surface area contributed by atoms with Crippen LogP contribution >= 0.6 is 0 Å². The molecule has 35 heavy (non-hydrogen) atoms. The minimum absolute atomic E-state index is 0.192. The van der Waals surface area contributed by atoms with Gasteiger partial charge in [0, 0.05) is 23.9 Å². The number of phenolic OH excluding ortho intramolecular Hbond substituents is 1. The third-order valence-corrected chi connectivity index (χ3v) is 6.92. The molecule has 0 spiro atoms. The third-order valence-electron chi connectivity index (χ3n) is 5.59. The van der Waals surface area contributed by atoms with Crippen LogP contribution in [0.1, 0.15) is 17.0 Å². The topological polar surface area (TPSA) is 113 Å². The van der Waals surface area contributed by atoms with E-state index in [1.807, 2.05) is 65.7 Å². The van der Waals surface area contributed by atoms with Gasteiger partial charge in [0.1, 0.15) is 5.75 Å². The predicted octanol–water partition coefficient (Wildman–Crippen LogP) is 4.09. The highest BCUT2D eigenvalue weighted by Gasteiger charge is 2.18. The number of aromatic hydroxyl groups is 1. The van der Waals surface area contributed by atoms with Gasteiger partial charge < -0.3 is 10.4 Å². The first kappa shape index (κ1) is 24.0. The van der Waals surface area contributed by atoms with Gasteiger partial charge in [0.2, 0.25) is 0 Å². The molecule has 0 aliphatic heterocycles. The molecule has 4 rings (SSSR count). The maximum atomic E-state index is 12.3. The van der Waals surface area contributed by atoms with E-state index in [1.54, 1.807) is 0 Å². The first-order valence-electron chi connectivity index (χ1n) is 11.1. The summed E-state index contributed by atoms with van der Waals surface area (Å²) in [6.07, 6.45) is 0.520. The zero-order valence-corrected chi connectivity index (χ0v) is 20.2. The molecule has 180 valence electrons. The molecule has 3 N–H and O–H groups in total. The van der Waals surface area contributed by atoms with Crippen molar-refractivity contribution in [2.75, 3.05) is 6.54 Å². The molecule has 0 radical (unpaired) electrons. The molecule has 2 amide bonds. The van der Waals surface area contributed by atoms with Crippen LogP contribution in [-0.2, 0) is 16.4 Å². The lowest BCUT2D eigenvalue weighted by molar-refractivity contribution is 0.246. The number of aromatic nitrogens is 2. The number of amides is 2. The second-order valence-corrected chi connectivity index (χ2v) is 9.78. The van der Waals surface area contributed by atoms with Crippen LogP contribution in [0.15, 0.2) is 83.8 Å². The van der Waals surface area contributed by atoms with Crippen molar-refractivity contribution in [2.24, 2.45) is 0 Å². The molecule has 0 atom stereocenters. The fourth-order valence-corrected chi connectivity index (χ4v) is 4.88. The molecule has 9 heteroatoms. The quantitative estimate of drug-likeness (QED) is 0.361. The van der Waals surface area contributed by atoms with E-state index in [1.165, 1.54) is 18.2 Å². The van der Waals surface area contributed by atoms with Gasteiger partial charge in [-0.1, -0.05) is 48.5 Å². The van der Waals surface area contributed by atoms with Crippen molar-refractivity contribution in [2.45, 2.75) is 25.2 Å². The van der Waals surface area contributed by atoms with E-state index in [9.17, 15) is 18.3 Å². The highest BCUT2D eigenvalue weighted by molar-refractivity contribution is 7.90. The Balaban J connectivity index is 1.36. The Hall–Kier alpha value is -4.11. The summed E-state index contributed by atoms with van der Waals surface area (Å²) in [7, 11) is -4.07. The SMILES string of the molecule is Cc1nn(-c2ccc(CCNC(=O)NS(=O)(=O)c3cccc(O)c3)cc2)c(C)c1-c1ccccc1. The predicted molar refractivity (Wildman–Crippen MR) is 134 cm³/mol. The second kappa shape index (κ2) is 10.0. The molecule has 0 bridgehead atoms. The molecule has 0 fully saturated rings. The molecule has 1 aromatic heterocycles. The van der Waals surface area contributed by atoms with Gasteiger partial charge in [0.15, 0.2) is 0 Å². The van der Waals surface area contributed by atoms with Crippen LogP contribution in [0.25, 0.3) is 16.8 Å². The number of hydrogen-bond donors (Lipinski definition) is 3. The van der Waals surface area contributed by atoms with Crippen LogP contribution in [0.4, 0.5) is 4.79 Å². The Labute approximate surface area is 204 Å². The molecular formula is C26H26N4O4S. The maximum absolute atomic E-state index is 12.3. The number of nitrogens with zero attached hydrogens (tertiary/aromatic N) is 2. The van der Waals surface area contributed by atoms with E-state index in [0.29, 0.717) is 6.42 Å². The number of hydrogen-bond acceptors (Lipinski definition) is 5. The zero-order chi connectivity index (χ0) is 25.0. The molecule has 1 heterocycles. The summed E-state index contributed by atoms with van der Waals surface area (Å²) in [4.78, 5) is 11.9. The maximum Gasteiger partial charge on any atom is 0.328 e. The van der Waals surface area contributed by atoms with Crippen LogP contribution in [0.5, 0.6) is 5.75 Å². The first-order valence-corrected chi connectivity index (χ1v) is 12.5. The minimum atomic E-state index is -4.07. The molecule has 0 aliphatic rings. The third kappa shape index (κ3) is 5.52. The van der Waals surface area contributed by atoms with E-state index in [4.69, 9.17) is 5.10 Å². The fourth-order valence-electron chi connectivity index (χ4n) is 3.91. The van der Waals surface area contributed by atoms with Crippen molar-refractivity contribution < 1.29 is 18.3 Å². The van der Waals surface area contributed by atoms with Gasteiger partial charge in [-0.25, -0.2) is 22.6 Å². The van der Waals surface area contributed by atoms with Gasteiger partial charge in [-0.2, -0.15) is 5.10 Å². The van der Waals surface area contributed by atoms with Gasteiger partial charge in [-0.3, -0.25) is 0 Å². The molecule has 4 aromatic rings. The summed E-state index contributed by atoms with van der Waals surface area (Å²) in [5.74, 6) is -0.200. The molecule has 0 saturated heterocycles. The number of sulfonamides is 1. The van der Waals surface area contributed by atoms with E-state index >= 15 is 0 Å². The number of nitrogens with one attached hydrogen (secondary N) is 2. The Bertz CT molecular complexity index is 1450. The van der Waals surface area contributed by atoms with Crippen molar-refractivity contribution in [3.05, 3.63) is 95.8 Å². The first-order chi connectivity index (χ1) is 16.7. The Kier molecular flexibility index (Phi) is 6.88. The summed E-state index contributed by atoms with van der Waals surface area (Å²) in [6, 6.07) is 22.3. The second-order valence-electron chi connectivity index (χ2n) is 8.10. The highest BCUT2D eigenvalue weighted by Crippen LogP contribution is 2.28. The fraction of sp³-hybridized carbons (Fsp3) is 0.154. The average Bonchev–Trinajstić information content (AvgIpc) is 3.13. The number of phenols is 1. The molecule has 8 nitrogen and oxygen atoms in total. The van der Waals surface area contributed by atoms with Crippen molar-refractivity contribution in [1.29, 1.82) is 0 Å². The zero-order valence-electron chi connectivity index (χ0n) is 19.4. The van der Waals surface area contributed by atoms with Crippen molar-refractivity contribution in [3.63, 3.8) is 0 Å². The monoisotopic (exact) mass is 490 g/mol. The largest absolute Gasteiger partial charge is 0.508 e. The van der Waals surface area contributed by atoms with E-state index < -0.39 is 16.1 Å². The Morgan fingerprint density at radius 1 is 0.971 bits per heavy atom. The van der Waals surface area contributed by atoms with E-state index in [-0.39, 0.29) is 17.2 Å².